The number of carbonyl (C=O) groups is 2. The molecule has 0 fully saturated rings. The van der Waals surface area contributed by atoms with Crippen molar-refractivity contribution in [3.8, 4) is 0 Å². The molecule has 0 heterocycles. The molecule has 4 nitrogen and oxygen atoms in total. The second-order valence-corrected chi connectivity index (χ2v) is 5.74. The van der Waals surface area contributed by atoms with Crippen LogP contribution in [0, 0.1) is 0 Å². The Balaban J connectivity index is 2.28. The van der Waals surface area contributed by atoms with E-state index in [4.69, 9.17) is 9.47 Å². The minimum atomic E-state index is -0.796. The number of benzene rings is 1. The Labute approximate surface area is 136 Å². The molecule has 0 saturated carbocycles. The highest BCUT2D eigenvalue weighted by Crippen LogP contribution is 2.36. The highest BCUT2D eigenvalue weighted by Gasteiger charge is 2.36. The standard InChI is InChI=1S/C19H22O4/c1-4-22-18(21)17(16-8-6-5-7-9-16)23-19(3)11-10-15(13-20)12-14(19)2/h5-10,12-13,17H,4,11H2,1-3H3/t17-,19+/m1/s1. The Hall–Kier alpha value is -2.20. The van der Waals surface area contributed by atoms with E-state index in [2.05, 4.69) is 0 Å². The van der Waals surface area contributed by atoms with Crippen molar-refractivity contribution in [2.24, 2.45) is 0 Å². The first-order valence-electron chi connectivity index (χ1n) is 7.73. The molecule has 2 rings (SSSR count). The van der Waals surface area contributed by atoms with Gasteiger partial charge in [-0.25, -0.2) is 4.79 Å². The van der Waals surface area contributed by atoms with Crippen LogP contribution in [0.2, 0.25) is 0 Å². The average Bonchev–Trinajstić information content (AvgIpc) is 2.56. The highest BCUT2D eigenvalue weighted by molar-refractivity contribution is 5.79. The van der Waals surface area contributed by atoms with Gasteiger partial charge >= 0.3 is 5.97 Å². The zero-order valence-corrected chi connectivity index (χ0v) is 13.7. The molecule has 2 atom stereocenters. The maximum atomic E-state index is 12.3. The van der Waals surface area contributed by atoms with E-state index in [9.17, 15) is 9.59 Å². The van der Waals surface area contributed by atoms with Crippen molar-refractivity contribution >= 4 is 12.3 Å². The van der Waals surface area contributed by atoms with E-state index in [1.165, 1.54) is 0 Å². The second-order valence-electron chi connectivity index (χ2n) is 5.74. The summed E-state index contributed by atoms with van der Waals surface area (Å²) in [5.74, 6) is -0.405. The Morgan fingerprint density at radius 2 is 2.04 bits per heavy atom. The molecule has 1 aromatic carbocycles. The summed E-state index contributed by atoms with van der Waals surface area (Å²) < 4.78 is 11.3. The van der Waals surface area contributed by atoms with E-state index >= 15 is 0 Å². The molecule has 4 heteroatoms. The predicted molar refractivity (Wildman–Crippen MR) is 87.8 cm³/mol. The molecule has 0 spiro atoms. The molecular formula is C19H22O4. The monoisotopic (exact) mass is 314 g/mol. The molecule has 0 amide bonds. The van der Waals surface area contributed by atoms with E-state index in [1.54, 1.807) is 13.0 Å². The van der Waals surface area contributed by atoms with Crippen LogP contribution in [0.5, 0.6) is 0 Å². The number of hydrogen-bond donors (Lipinski definition) is 0. The Morgan fingerprint density at radius 1 is 1.35 bits per heavy atom. The van der Waals surface area contributed by atoms with E-state index in [0.717, 1.165) is 17.4 Å². The summed E-state index contributed by atoms with van der Waals surface area (Å²) in [6.07, 6.45) is 4.18. The van der Waals surface area contributed by atoms with Crippen molar-refractivity contribution in [2.75, 3.05) is 6.61 Å². The fourth-order valence-electron chi connectivity index (χ4n) is 2.52. The number of allylic oxidation sites excluding steroid dienone is 2. The van der Waals surface area contributed by atoms with Crippen LogP contribution >= 0.6 is 0 Å². The summed E-state index contributed by atoms with van der Waals surface area (Å²) in [5.41, 5.74) is 1.65. The largest absolute Gasteiger partial charge is 0.464 e. The zero-order chi connectivity index (χ0) is 16.9. The van der Waals surface area contributed by atoms with Crippen LogP contribution in [0.4, 0.5) is 0 Å². The number of ether oxygens (including phenoxy) is 2. The summed E-state index contributed by atoms with van der Waals surface area (Å²) in [4.78, 5) is 23.3. The topological polar surface area (TPSA) is 52.6 Å². The van der Waals surface area contributed by atoms with Crippen LogP contribution in [-0.2, 0) is 19.1 Å². The number of hydrogen-bond acceptors (Lipinski definition) is 4. The molecule has 0 N–H and O–H groups in total. The van der Waals surface area contributed by atoms with Gasteiger partial charge in [0.1, 0.15) is 6.29 Å². The summed E-state index contributed by atoms with van der Waals surface area (Å²) in [7, 11) is 0. The van der Waals surface area contributed by atoms with Gasteiger partial charge in [0, 0.05) is 5.57 Å². The summed E-state index contributed by atoms with van der Waals surface area (Å²) in [5, 5.41) is 0. The lowest BCUT2D eigenvalue weighted by Crippen LogP contribution is -2.36. The smallest absolute Gasteiger partial charge is 0.339 e. The van der Waals surface area contributed by atoms with Crippen molar-refractivity contribution in [3.63, 3.8) is 0 Å². The molecule has 1 aliphatic rings. The quantitative estimate of drug-likeness (QED) is 0.595. The van der Waals surface area contributed by atoms with Gasteiger partial charge in [0.25, 0.3) is 0 Å². The first-order valence-corrected chi connectivity index (χ1v) is 7.73. The van der Waals surface area contributed by atoms with Gasteiger partial charge in [-0.1, -0.05) is 42.5 Å². The van der Waals surface area contributed by atoms with Gasteiger partial charge in [0.05, 0.1) is 12.2 Å². The third-order valence-corrected chi connectivity index (χ3v) is 4.06. The SMILES string of the molecule is CCOC(=O)[C@H](O[C@@]1(C)CC=C(C=O)C=C1C)c1ccccc1. The second kappa shape index (κ2) is 7.38. The first-order chi connectivity index (χ1) is 11.0. The maximum Gasteiger partial charge on any atom is 0.339 e. The number of esters is 1. The van der Waals surface area contributed by atoms with Crippen molar-refractivity contribution in [1.29, 1.82) is 0 Å². The van der Waals surface area contributed by atoms with Crippen LogP contribution in [0.25, 0.3) is 0 Å². The number of carbonyl (C=O) groups excluding carboxylic acids is 2. The van der Waals surface area contributed by atoms with Crippen molar-refractivity contribution in [1.82, 2.24) is 0 Å². The van der Waals surface area contributed by atoms with Crippen LogP contribution in [0.3, 0.4) is 0 Å². The molecule has 0 bridgehead atoms. The number of aldehydes is 1. The summed E-state index contributed by atoms with van der Waals surface area (Å²) >= 11 is 0. The van der Waals surface area contributed by atoms with Gasteiger partial charge in [-0.3, -0.25) is 4.79 Å². The molecular weight excluding hydrogens is 292 g/mol. The van der Waals surface area contributed by atoms with Crippen LogP contribution in [0.15, 0.2) is 53.6 Å². The normalized spacial score (nSPS) is 21.9. The van der Waals surface area contributed by atoms with E-state index in [0.29, 0.717) is 18.6 Å². The molecule has 0 unspecified atom stereocenters. The van der Waals surface area contributed by atoms with Gasteiger partial charge in [-0.15, -0.1) is 0 Å². The van der Waals surface area contributed by atoms with Crippen molar-refractivity contribution in [2.45, 2.75) is 38.9 Å². The zero-order valence-electron chi connectivity index (χ0n) is 13.7. The van der Waals surface area contributed by atoms with Gasteiger partial charge < -0.3 is 9.47 Å². The molecule has 122 valence electrons. The Kier molecular flexibility index (Phi) is 5.50. The van der Waals surface area contributed by atoms with Crippen LogP contribution in [-0.4, -0.2) is 24.5 Å². The lowest BCUT2D eigenvalue weighted by molar-refractivity contribution is -0.166. The Morgan fingerprint density at radius 3 is 2.61 bits per heavy atom. The lowest BCUT2D eigenvalue weighted by Gasteiger charge is -2.35. The van der Waals surface area contributed by atoms with Gasteiger partial charge in [0.2, 0.25) is 0 Å². The molecule has 0 radical (unpaired) electrons. The molecule has 0 saturated heterocycles. The average molecular weight is 314 g/mol. The van der Waals surface area contributed by atoms with E-state index in [-0.39, 0.29) is 0 Å². The molecule has 23 heavy (non-hydrogen) atoms. The number of rotatable bonds is 6. The molecule has 1 aliphatic carbocycles. The van der Waals surface area contributed by atoms with E-state index in [1.807, 2.05) is 50.3 Å². The van der Waals surface area contributed by atoms with Crippen LogP contribution < -0.4 is 0 Å². The fourth-order valence-corrected chi connectivity index (χ4v) is 2.52. The third-order valence-electron chi connectivity index (χ3n) is 4.06. The summed E-state index contributed by atoms with van der Waals surface area (Å²) in [6.45, 7) is 5.90. The molecule has 1 aromatic rings. The highest BCUT2D eigenvalue weighted by atomic mass is 16.6. The predicted octanol–water partition coefficient (Wildman–Crippen LogP) is 3.54. The first kappa shape index (κ1) is 17.2. The lowest BCUT2D eigenvalue weighted by atomic mass is 9.86. The minimum Gasteiger partial charge on any atom is -0.464 e. The minimum absolute atomic E-state index is 0.298. The molecule has 0 aromatic heterocycles. The summed E-state index contributed by atoms with van der Waals surface area (Å²) in [6, 6.07) is 9.31. The van der Waals surface area contributed by atoms with Gasteiger partial charge in [-0.2, -0.15) is 0 Å². The Bertz CT molecular complexity index is 630. The molecule has 0 aliphatic heterocycles. The van der Waals surface area contributed by atoms with Crippen molar-refractivity contribution < 1.29 is 19.1 Å². The fraction of sp³-hybridized carbons (Fsp3) is 0.368. The van der Waals surface area contributed by atoms with E-state index < -0.39 is 17.7 Å². The maximum absolute atomic E-state index is 12.3. The third kappa shape index (κ3) is 3.96. The van der Waals surface area contributed by atoms with Crippen molar-refractivity contribution in [3.05, 3.63) is 59.2 Å². The van der Waals surface area contributed by atoms with Gasteiger partial charge in [0.15, 0.2) is 6.10 Å². The van der Waals surface area contributed by atoms with Crippen LogP contribution in [0.1, 0.15) is 38.9 Å². The van der Waals surface area contributed by atoms with Gasteiger partial charge in [-0.05, 0) is 38.3 Å².